The first-order chi connectivity index (χ1) is 9.74. The molecule has 98 valence electrons. The normalized spacial score (nSPS) is 13.9. The topological polar surface area (TPSA) is 32.9 Å². The Morgan fingerprint density at radius 2 is 1.80 bits per heavy atom. The van der Waals surface area contributed by atoms with Crippen LogP contribution in [0.3, 0.4) is 0 Å². The van der Waals surface area contributed by atoms with E-state index in [1.54, 1.807) is 12.1 Å². The van der Waals surface area contributed by atoms with Crippen LogP contribution in [0.1, 0.15) is 22.3 Å². The van der Waals surface area contributed by atoms with Crippen molar-refractivity contribution >= 4 is 16.7 Å². The summed E-state index contributed by atoms with van der Waals surface area (Å²) in [4.78, 5) is 15.4. The fraction of sp³-hybridized carbons (Fsp3) is 0.118. The molecule has 0 bridgehead atoms. The van der Waals surface area contributed by atoms with Crippen molar-refractivity contribution in [1.29, 1.82) is 0 Å². The molecule has 0 unspecified atom stereocenters. The Kier molecular flexibility index (Phi) is 2.30. The standard InChI is InChI=1S/C17H12FNO/c18-11-6-4-10(5-7-11)17-13-8-9-15(20)12-2-1-3-14(19-17)16(12)13/h1-7,19H,8-9H2. The van der Waals surface area contributed by atoms with Crippen LogP contribution in [0, 0.1) is 5.82 Å². The Balaban J connectivity index is 2.03. The maximum absolute atomic E-state index is 13.1. The van der Waals surface area contributed by atoms with Crippen molar-refractivity contribution in [2.24, 2.45) is 0 Å². The van der Waals surface area contributed by atoms with Gasteiger partial charge in [0.2, 0.25) is 0 Å². The molecule has 0 amide bonds. The molecule has 20 heavy (non-hydrogen) atoms. The molecule has 4 rings (SSSR count). The predicted molar refractivity (Wildman–Crippen MR) is 76.3 cm³/mol. The first-order valence-electron chi connectivity index (χ1n) is 6.67. The second kappa shape index (κ2) is 4.04. The zero-order chi connectivity index (χ0) is 13.7. The van der Waals surface area contributed by atoms with Crippen LogP contribution >= 0.6 is 0 Å². The Labute approximate surface area is 115 Å². The average molecular weight is 265 g/mol. The van der Waals surface area contributed by atoms with Gasteiger partial charge >= 0.3 is 0 Å². The maximum Gasteiger partial charge on any atom is 0.163 e. The number of ketones is 1. The lowest BCUT2D eigenvalue weighted by atomic mass is 9.89. The van der Waals surface area contributed by atoms with E-state index >= 15 is 0 Å². The van der Waals surface area contributed by atoms with Gasteiger partial charge in [0.05, 0.1) is 0 Å². The van der Waals surface area contributed by atoms with E-state index in [-0.39, 0.29) is 11.6 Å². The highest BCUT2D eigenvalue weighted by Gasteiger charge is 2.23. The van der Waals surface area contributed by atoms with E-state index in [4.69, 9.17) is 0 Å². The van der Waals surface area contributed by atoms with Crippen molar-refractivity contribution in [3.8, 4) is 11.3 Å². The number of Topliss-reactive ketones (excluding diaryl/α,β-unsaturated/α-hetero) is 1. The average Bonchev–Trinajstić information content (AvgIpc) is 2.84. The Morgan fingerprint density at radius 1 is 1.00 bits per heavy atom. The number of H-pyrrole nitrogens is 1. The van der Waals surface area contributed by atoms with Crippen LogP contribution in [-0.4, -0.2) is 10.8 Å². The molecule has 0 aliphatic heterocycles. The molecule has 0 saturated carbocycles. The third-order valence-corrected chi connectivity index (χ3v) is 3.96. The van der Waals surface area contributed by atoms with Crippen LogP contribution in [-0.2, 0) is 6.42 Å². The third-order valence-electron chi connectivity index (χ3n) is 3.96. The van der Waals surface area contributed by atoms with Gasteiger partial charge in [0.25, 0.3) is 0 Å². The van der Waals surface area contributed by atoms with Gasteiger partial charge < -0.3 is 4.98 Å². The number of nitrogens with one attached hydrogen (secondary N) is 1. The summed E-state index contributed by atoms with van der Waals surface area (Å²) in [6.07, 6.45) is 1.28. The number of carbonyl (C=O) groups is 1. The fourth-order valence-corrected chi connectivity index (χ4v) is 3.04. The van der Waals surface area contributed by atoms with Crippen molar-refractivity contribution in [1.82, 2.24) is 4.98 Å². The SMILES string of the molecule is O=C1CCc2c(-c3ccc(F)cc3)[nH]c3cccc1c23. The van der Waals surface area contributed by atoms with E-state index in [9.17, 15) is 9.18 Å². The van der Waals surface area contributed by atoms with Crippen molar-refractivity contribution in [3.63, 3.8) is 0 Å². The lowest BCUT2D eigenvalue weighted by molar-refractivity contribution is 0.0982. The summed E-state index contributed by atoms with van der Waals surface area (Å²) in [6.45, 7) is 0. The Morgan fingerprint density at radius 3 is 2.60 bits per heavy atom. The number of hydrogen-bond acceptors (Lipinski definition) is 1. The number of benzene rings is 2. The second-order valence-electron chi connectivity index (χ2n) is 5.14. The maximum atomic E-state index is 13.1. The number of halogens is 1. The number of aromatic amines is 1. The lowest BCUT2D eigenvalue weighted by Crippen LogP contribution is -2.07. The first-order valence-corrected chi connectivity index (χ1v) is 6.67. The summed E-state index contributed by atoms with van der Waals surface area (Å²) in [5.41, 5.74) is 4.90. The minimum Gasteiger partial charge on any atom is -0.354 e. The van der Waals surface area contributed by atoms with Crippen LogP contribution in [0.4, 0.5) is 4.39 Å². The molecule has 1 aromatic heterocycles. The smallest absolute Gasteiger partial charge is 0.163 e. The van der Waals surface area contributed by atoms with Crippen LogP contribution in [0.5, 0.6) is 0 Å². The van der Waals surface area contributed by atoms with Gasteiger partial charge in [-0.05, 0) is 47.9 Å². The van der Waals surface area contributed by atoms with Crippen LogP contribution in [0.2, 0.25) is 0 Å². The molecule has 0 saturated heterocycles. The summed E-state index contributed by atoms with van der Waals surface area (Å²) in [6, 6.07) is 12.2. The summed E-state index contributed by atoms with van der Waals surface area (Å²) in [5, 5.41) is 1.03. The van der Waals surface area contributed by atoms with Gasteiger partial charge in [-0.2, -0.15) is 0 Å². The van der Waals surface area contributed by atoms with Crippen molar-refractivity contribution in [2.45, 2.75) is 12.8 Å². The van der Waals surface area contributed by atoms with E-state index in [0.717, 1.165) is 34.1 Å². The van der Waals surface area contributed by atoms with Gasteiger partial charge in [0, 0.05) is 28.6 Å². The molecule has 1 aliphatic rings. The zero-order valence-electron chi connectivity index (χ0n) is 10.7. The van der Waals surface area contributed by atoms with E-state index < -0.39 is 0 Å². The summed E-state index contributed by atoms with van der Waals surface area (Å²) in [5.74, 6) is -0.0397. The highest BCUT2D eigenvalue weighted by Crippen LogP contribution is 2.36. The van der Waals surface area contributed by atoms with E-state index in [0.29, 0.717) is 6.42 Å². The van der Waals surface area contributed by atoms with Gasteiger partial charge in [0.1, 0.15) is 5.82 Å². The van der Waals surface area contributed by atoms with Gasteiger partial charge in [-0.3, -0.25) is 4.79 Å². The number of hydrogen-bond donors (Lipinski definition) is 1. The summed E-state index contributed by atoms with van der Waals surface area (Å²) >= 11 is 0. The van der Waals surface area contributed by atoms with Crippen LogP contribution < -0.4 is 0 Å². The predicted octanol–water partition coefficient (Wildman–Crippen LogP) is 4.10. The van der Waals surface area contributed by atoms with E-state index in [1.165, 1.54) is 17.7 Å². The van der Waals surface area contributed by atoms with Crippen LogP contribution in [0.25, 0.3) is 22.2 Å². The fourth-order valence-electron chi connectivity index (χ4n) is 3.04. The molecule has 3 aromatic rings. The second-order valence-corrected chi connectivity index (χ2v) is 5.14. The van der Waals surface area contributed by atoms with E-state index in [2.05, 4.69) is 4.98 Å². The Bertz CT molecular complexity index is 830. The van der Waals surface area contributed by atoms with Gasteiger partial charge in [-0.15, -0.1) is 0 Å². The number of aromatic nitrogens is 1. The number of aryl methyl sites for hydroxylation is 1. The number of rotatable bonds is 1. The largest absolute Gasteiger partial charge is 0.354 e. The molecule has 2 aromatic carbocycles. The molecule has 0 radical (unpaired) electrons. The first kappa shape index (κ1) is 11.4. The third kappa shape index (κ3) is 1.53. The van der Waals surface area contributed by atoms with Gasteiger partial charge in [0.15, 0.2) is 5.78 Å². The molecule has 1 N–H and O–H groups in total. The minimum absolute atomic E-state index is 0.202. The molecule has 0 spiro atoms. The molecule has 1 aliphatic carbocycles. The molecular weight excluding hydrogens is 253 g/mol. The quantitative estimate of drug-likeness (QED) is 0.706. The monoisotopic (exact) mass is 265 g/mol. The summed E-state index contributed by atoms with van der Waals surface area (Å²) in [7, 11) is 0. The molecule has 3 heteroatoms. The number of carbonyl (C=O) groups excluding carboxylic acids is 1. The van der Waals surface area contributed by atoms with Crippen molar-refractivity contribution in [3.05, 3.63) is 59.4 Å². The molecule has 2 nitrogen and oxygen atoms in total. The van der Waals surface area contributed by atoms with E-state index in [1.807, 2.05) is 18.2 Å². The van der Waals surface area contributed by atoms with Crippen molar-refractivity contribution in [2.75, 3.05) is 0 Å². The highest BCUT2D eigenvalue weighted by molar-refractivity contribution is 6.12. The minimum atomic E-state index is -0.241. The van der Waals surface area contributed by atoms with Crippen molar-refractivity contribution < 1.29 is 9.18 Å². The van der Waals surface area contributed by atoms with Gasteiger partial charge in [-0.1, -0.05) is 12.1 Å². The zero-order valence-corrected chi connectivity index (χ0v) is 10.7. The summed E-state index contributed by atoms with van der Waals surface area (Å²) < 4.78 is 13.1. The lowest BCUT2D eigenvalue weighted by Gasteiger charge is -2.12. The Hall–Kier alpha value is -2.42. The van der Waals surface area contributed by atoms with Crippen LogP contribution in [0.15, 0.2) is 42.5 Å². The highest BCUT2D eigenvalue weighted by atomic mass is 19.1. The molecule has 0 fully saturated rings. The molecule has 0 atom stereocenters. The molecular formula is C17H12FNO. The van der Waals surface area contributed by atoms with Gasteiger partial charge in [-0.25, -0.2) is 4.39 Å². The molecule has 1 heterocycles.